The van der Waals surface area contributed by atoms with Crippen LogP contribution in [0.25, 0.3) is 6.08 Å². The molecule has 0 aromatic heterocycles. The second kappa shape index (κ2) is 9.32. The first kappa shape index (κ1) is 19.8. The van der Waals surface area contributed by atoms with E-state index in [1.54, 1.807) is 30.3 Å². The number of rotatable bonds is 8. The minimum Gasteiger partial charge on any atom is -0.493 e. The molecule has 0 radical (unpaired) electrons. The highest BCUT2D eigenvalue weighted by molar-refractivity contribution is 6.09. The number of hydrogen-bond acceptors (Lipinski definition) is 5. The Balaban J connectivity index is 1.74. The monoisotopic (exact) mass is 389 g/mol. The Morgan fingerprint density at radius 1 is 1.00 bits per heavy atom. The van der Waals surface area contributed by atoms with E-state index >= 15 is 0 Å². The molecule has 146 valence electrons. The first-order chi connectivity index (χ1) is 14.1. The van der Waals surface area contributed by atoms with E-state index < -0.39 is 10.7 Å². The quantitative estimate of drug-likeness (QED) is 0.232. The standard InChI is InChI=1S/C23H19NO5/c1-28-23-15-17(12-14-22(23)29-16-18-7-3-2-4-8-18)11-13-21(25)19-9-5-6-10-20(19)24(26)27/h2-15H,16H2,1H3/b13-11+. The molecule has 0 saturated carbocycles. The van der Waals surface area contributed by atoms with Crippen LogP contribution in [-0.2, 0) is 6.61 Å². The molecule has 0 aliphatic rings. The Bertz CT molecular complexity index is 1040. The maximum absolute atomic E-state index is 12.4. The molecule has 0 aliphatic carbocycles. The minimum atomic E-state index is -0.566. The summed E-state index contributed by atoms with van der Waals surface area (Å²) in [7, 11) is 1.54. The molecule has 0 saturated heterocycles. The van der Waals surface area contributed by atoms with Gasteiger partial charge < -0.3 is 9.47 Å². The number of ether oxygens (including phenoxy) is 2. The maximum atomic E-state index is 12.4. The second-order valence-corrected chi connectivity index (χ2v) is 6.16. The van der Waals surface area contributed by atoms with Gasteiger partial charge in [-0.15, -0.1) is 0 Å². The molecule has 0 amide bonds. The van der Waals surface area contributed by atoms with E-state index in [0.717, 1.165) is 5.56 Å². The van der Waals surface area contributed by atoms with Crippen molar-refractivity contribution in [2.24, 2.45) is 0 Å². The molecule has 29 heavy (non-hydrogen) atoms. The van der Waals surface area contributed by atoms with E-state index in [4.69, 9.17) is 9.47 Å². The Labute approximate surface area is 168 Å². The summed E-state index contributed by atoms with van der Waals surface area (Å²) in [4.78, 5) is 22.9. The number of carbonyl (C=O) groups excluding carboxylic acids is 1. The maximum Gasteiger partial charge on any atom is 0.280 e. The van der Waals surface area contributed by atoms with Crippen molar-refractivity contribution in [2.75, 3.05) is 7.11 Å². The van der Waals surface area contributed by atoms with Crippen LogP contribution in [0.5, 0.6) is 11.5 Å². The average molecular weight is 389 g/mol. The van der Waals surface area contributed by atoms with E-state index in [1.165, 1.54) is 31.4 Å². The summed E-state index contributed by atoms with van der Waals surface area (Å²) in [6, 6.07) is 20.9. The Morgan fingerprint density at radius 2 is 1.72 bits per heavy atom. The van der Waals surface area contributed by atoms with E-state index in [-0.39, 0.29) is 11.3 Å². The fourth-order valence-corrected chi connectivity index (χ4v) is 2.75. The van der Waals surface area contributed by atoms with Crippen LogP contribution in [0.3, 0.4) is 0 Å². The molecule has 3 rings (SSSR count). The smallest absolute Gasteiger partial charge is 0.280 e. The molecule has 0 bridgehead atoms. The van der Waals surface area contributed by atoms with Gasteiger partial charge in [0.2, 0.25) is 0 Å². The number of carbonyl (C=O) groups is 1. The van der Waals surface area contributed by atoms with Gasteiger partial charge in [-0.25, -0.2) is 0 Å². The second-order valence-electron chi connectivity index (χ2n) is 6.16. The largest absolute Gasteiger partial charge is 0.493 e. The van der Waals surface area contributed by atoms with Gasteiger partial charge >= 0.3 is 0 Å². The van der Waals surface area contributed by atoms with E-state index in [0.29, 0.717) is 23.7 Å². The SMILES string of the molecule is COc1cc(/C=C/C(=O)c2ccccc2[N+](=O)[O-])ccc1OCc1ccccc1. The molecule has 0 atom stereocenters. The van der Waals surface area contributed by atoms with Crippen molar-refractivity contribution in [3.8, 4) is 11.5 Å². The lowest BCUT2D eigenvalue weighted by Crippen LogP contribution is -2.00. The number of nitro groups is 1. The fraction of sp³-hybridized carbons (Fsp3) is 0.0870. The number of ketones is 1. The first-order valence-electron chi connectivity index (χ1n) is 8.89. The van der Waals surface area contributed by atoms with Crippen LogP contribution in [0.1, 0.15) is 21.5 Å². The highest BCUT2D eigenvalue weighted by Crippen LogP contribution is 2.29. The number of hydrogen-bond donors (Lipinski definition) is 0. The Kier molecular flexibility index (Phi) is 6.37. The van der Waals surface area contributed by atoms with Gasteiger partial charge in [-0.05, 0) is 35.4 Å². The molecular weight excluding hydrogens is 370 g/mol. The van der Waals surface area contributed by atoms with Crippen LogP contribution >= 0.6 is 0 Å². The molecule has 0 heterocycles. The van der Waals surface area contributed by atoms with Crippen molar-refractivity contribution in [1.29, 1.82) is 0 Å². The summed E-state index contributed by atoms with van der Waals surface area (Å²) in [5, 5.41) is 11.1. The number of para-hydroxylation sites is 1. The zero-order valence-corrected chi connectivity index (χ0v) is 15.8. The molecule has 3 aromatic rings. The van der Waals surface area contributed by atoms with Crippen molar-refractivity contribution in [3.63, 3.8) is 0 Å². The minimum absolute atomic E-state index is 0.0449. The van der Waals surface area contributed by atoms with Crippen LogP contribution in [0, 0.1) is 10.1 Å². The zero-order valence-electron chi connectivity index (χ0n) is 15.8. The van der Waals surface area contributed by atoms with Gasteiger partial charge in [-0.2, -0.15) is 0 Å². The summed E-state index contributed by atoms with van der Waals surface area (Å²) >= 11 is 0. The van der Waals surface area contributed by atoms with Crippen molar-refractivity contribution in [1.82, 2.24) is 0 Å². The lowest BCUT2D eigenvalue weighted by molar-refractivity contribution is -0.385. The number of allylic oxidation sites excluding steroid dienone is 1. The summed E-state index contributed by atoms with van der Waals surface area (Å²) in [5.74, 6) is 0.667. The highest BCUT2D eigenvalue weighted by Gasteiger charge is 2.17. The summed E-state index contributed by atoms with van der Waals surface area (Å²) < 4.78 is 11.2. The predicted octanol–water partition coefficient (Wildman–Crippen LogP) is 5.08. The van der Waals surface area contributed by atoms with Crippen molar-refractivity contribution < 1.29 is 19.2 Å². The van der Waals surface area contributed by atoms with Gasteiger partial charge in [-0.1, -0.05) is 54.6 Å². The van der Waals surface area contributed by atoms with Gasteiger partial charge in [0.25, 0.3) is 5.69 Å². The molecule has 0 fully saturated rings. The molecule has 6 nitrogen and oxygen atoms in total. The van der Waals surface area contributed by atoms with Crippen molar-refractivity contribution in [2.45, 2.75) is 6.61 Å². The first-order valence-corrected chi connectivity index (χ1v) is 8.89. The molecule has 0 aliphatic heterocycles. The zero-order chi connectivity index (χ0) is 20.6. The van der Waals surface area contributed by atoms with Gasteiger partial charge in [-0.3, -0.25) is 14.9 Å². The molecule has 6 heteroatoms. The van der Waals surface area contributed by atoms with Gasteiger partial charge in [0.15, 0.2) is 17.3 Å². The van der Waals surface area contributed by atoms with Crippen molar-refractivity contribution >= 4 is 17.5 Å². The molecule has 0 spiro atoms. The summed E-state index contributed by atoms with van der Waals surface area (Å²) in [6.07, 6.45) is 2.89. The van der Waals surface area contributed by atoms with Crippen LogP contribution in [0.2, 0.25) is 0 Å². The fourth-order valence-electron chi connectivity index (χ4n) is 2.75. The summed E-state index contributed by atoms with van der Waals surface area (Å²) in [6.45, 7) is 0.405. The topological polar surface area (TPSA) is 78.7 Å². The average Bonchev–Trinajstić information content (AvgIpc) is 2.76. The van der Waals surface area contributed by atoms with Crippen LogP contribution in [0.15, 0.2) is 78.9 Å². The van der Waals surface area contributed by atoms with Crippen LogP contribution < -0.4 is 9.47 Å². The third-order valence-electron chi connectivity index (χ3n) is 4.22. The van der Waals surface area contributed by atoms with Crippen LogP contribution in [-0.4, -0.2) is 17.8 Å². The Hall–Kier alpha value is -3.93. The molecule has 0 N–H and O–H groups in total. The van der Waals surface area contributed by atoms with E-state index in [1.807, 2.05) is 30.3 Å². The highest BCUT2D eigenvalue weighted by atomic mass is 16.6. The lowest BCUT2D eigenvalue weighted by atomic mass is 10.1. The molecule has 3 aromatic carbocycles. The third-order valence-corrected chi connectivity index (χ3v) is 4.22. The Morgan fingerprint density at radius 3 is 2.45 bits per heavy atom. The summed E-state index contributed by atoms with van der Waals surface area (Å²) in [5.41, 5.74) is 1.57. The molecular formula is C23H19NO5. The van der Waals surface area contributed by atoms with E-state index in [9.17, 15) is 14.9 Å². The number of nitro benzene ring substituents is 1. The predicted molar refractivity (Wildman–Crippen MR) is 110 cm³/mol. The van der Waals surface area contributed by atoms with Crippen molar-refractivity contribution in [3.05, 3.63) is 106 Å². The van der Waals surface area contributed by atoms with Gasteiger partial charge in [0.1, 0.15) is 6.61 Å². The normalized spacial score (nSPS) is 10.7. The molecule has 0 unspecified atom stereocenters. The van der Waals surface area contributed by atoms with E-state index in [2.05, 4.69) is 0 Å². The number of benzene rings is 3. The van der Waals surface area contributed by atoms with Crippen LogP contribution in [0.4, 0.5) is 5.69 Å². The van der Waals surface area contributed by atoms with Gasteiger partial charge in [0, 0.05) is 6.07 Å². The third kappa shape index (κ3) is 5.07. The lowest BCUT2D eigenvalue weighted by Gasteiger charge is -2.11. The number of methoxy groups -OCH3 is 1. The number of nitrogens with zero attached hydrogens (tertiary/aromatic N) is 1. The van der Waals surface area contributed by atoms with Gasteiger partial charge in [0.05, 0.1) is 17.6 Å².